The van der Waals surface area contributed by atoms with Gasteiger partial charge in [0.05, 0.1) is 5.69 Å². The number of hydrogen-bond acceptors (Lipinski definition) is 4. The average molecular weight is 413 g/mol. The number of nitrogens with zero attached hydrogens (tertiary/aromatic N) is 3. The van der Waals surface area contributed by atoms with Crippen LogP contribution in [0.4, 0.5) is 4.39 Å². The van der Waals surface area contributed by atoms with Gasteiger partial charge >= 0.3 is 5.97 Å². The zero-order valence-electron chi connectivity index (χ0n) is 17.4. The van der Waals surface area contributed by atoms with Crippen LogP contribution in [0, 0.1) is 11.7 Å². The first-order valence-electron chi connectivity index (χ1n) is 10.9. The van der Waals surface area contributed by atoms with Crippen LogP contribution in [-0.4, -0.2) is 46.3 Å². The molecule has 0 bridgehead atoms. The van der Waals surface area contributed by atoms with Gasteiger partial charge in [0.15, 0.2) is 12.3 Å². The fourth-order valence-electron chi connectivity index (χ4n) is 4.05. The Morgan fingerprint density at radius 3 is 2.63 bits per heavy atom. The van der Waals surface area contributed by atoms with Gasteiger partial charge < -0.3 is 9.64 Å². The first-order chi connectivity index (χ1) is 14.6. The minimum Gasteiger partial charge on any atom is -0.451 e. The number of carbonyl (C=O) groups excluding carboxylic acids is 2. The van der Waals surface area contributed by atoms with Crippen LogP contribution < -0.4 is 0 Å². The lowest BCUT2D eigenvalue weighted by Crippen LogP contribution is -2.37. The molecular weight excluding hydrogens is 385 g/mol. The number of rotatable bonds is 8. The number of esters is 1. The van der Waals surface area contributed by atoms with Crippen molar-refractivity contribution in [3.63, 3.8) is 0 Å². The summed E-state index contributed by atoms with van der Waals surface area (Å²) in [6.45, 7) is 3.21. The molecule has 1 aromatic carbocycles. The molecule has 30 heavy (non-hydrogen) atoms. The van der Waals surface area contributed by atoms with Crippen LogP contribution >= 0.6 is 0 Å². The second-order valence-electron chi connectivity index (χ2n) is 8.23. The lowest BCUT2D eigenvalue weighted by Gasteiger charge is -2.21. The maximum Gasteiger partial charge on any atom is 0.359 e. The molecule has 0 atom stereocenters. The highest BCUT2D eigenvalue weighted by Crippen LogP contribution is 2.30. The van der Waals surface area contributed by atoms with Crippen molar-refractivity contribution in [2.24, 2.45) is 5.92 Å². The molecule has 1 fully saturated rings. The molecule has 0 saturated heterocycles. The van der Waals surface area contributed by atoms with Crippen LogP contribution in [-0.2, 0) is 22.4 Å². The number of benzene rings is 1. The Kier molecular flexibility index (Phi) is 6.16. The van der Waals surface area contributed by atoms with E-state index in [4.69, 9.17) is 4.74 Å². The molecule has 2 aliphatic rings. The second kappa shape index (κ2) is 8.98. The zero-order valence-corrected chi connectivity index (χ0v) is 17.4. The fraction of sp³-hybridized carbons (Fsp3) is 0.522. The van der Waals surface area contributed by atoms with Crippen LogP contribution in [0.25, 0.3) is 5.69 Å². The minimum atomic E-state index is -0.565. The predicted octanol–water partition coefficient (Wildman–Crippen LogP) is 3.70. The molecule has 1 aromatic heterocycles. The largest absolute Gasteiger partial charge is 0.451 e. The maximum atomic E-state index is 13.3. The van der Waals surface area contributed by atoms with Crippen molar-refractivity contribution in [3.05, 3.63) is 47.0 Å². The van der Waals surface area contributed by atoms with Crippen molar-refractivity contribution in [1.29, 1.82) is 0 Å². The van der Waals surface area contributed by atoms with Crippen molar-refractivity contribution < 1.29 is 18.7 Å². The van der Waals surface area contributed by atoms with Crippen LogP contribution in [0.1, 0.15) is 60.8 Å². The molecule has 0 unspecified atom stereocenters. The van der Waals surface area contributed by atoms with Crippen LogP contribution in [0.3, 0.4) is 0 Å². The highest BCUT2D eigenvalue weighted by molar-refractivity contribution is 5.91. The Hall–Kier alpha value is -2.70. The van der Waals surface area contributed by atoms with E-state index in [1.54, 1.807) is 21.7 Å². The third-order valence-electron chi connectivity index (χ3n) is 5.79. The highest BCUT2D eigenvalue weighted by Gasteiger charge is 2.29. The number of halogens is 1. The van der Waals surface area contributed by atoms with Crippen molar-refractivity contribution in [1.82, 2.24) is 14.7 Å². The topological polar surface area (TPSA) is 64.4 Å². The van der Waals surface area contributed by atoms with E-state index in [0.29, 0.717) is 18.2 Å². The predicted molar refractivity (Wildman–Crippen MR) is 110 cm³/mol. The molecule has 2 aliphatic carbocycles. The van der Waals surface area contributed by atoms with Gasteiger partial charge in [0.2, 0.25) is 0 Å². The first-order valence-corrected chi connectivity index (χ1v) is 10.9. The van der Waals surface area contributed by atoms with Crippen LogP contribution in [0.15, 0.2) is 24.3 Å². The summed E-state index contributed by atoms with van der Waals surface area (Å²) in [7, 11) is 0. The quantitative estimate of drug-likeness (QED) is 0.619. The molecule has 7 heteroatoms. The maximum absolute atomic E-state index is 13.3. The Bertz CT molecular complexity index is 919. The molecule has 0 N–H and O–H groups in total. The standard InChI is InChI=1S/C23H28FN3O3/c1-2-13-26(14-16-7-8-16)21(28)15-30-23(29)22-19-5-3-4-6-20(19)27(25-22)18-11-9-17(24)10-12-18/h9-12,16H,2-8,13-15H2,1H3. The SMILES string of the molecule is CCCN(CC1CC1)C(=O)COC(=O)c1nn(-c2ccc(F)cc2)c2c1CCCC2. The van der Waals surface area contributed by atoms with Crippen LogP contribution in [0.5, 0.6) is 0 Å². The molecule has 6 nitrogen and oxygen atoms in total. The van der Waals surface area contributed by atoms with Gasteiger partial charge in [0.25, 0.3) is 5.91 Å². The van der Waals surface area contributed by atoms with E-state index in [1.807, 2.05) is 6.92 Å². The van der Waals surface area contributed by atoms with Gasteiger partial charge in [0.1, 0.15) is 5.82 Å². The van der Waals surface area contributed by atoms with Gasteiger partial charge in [-0.2, -0.15) is 5.10 Å². The van der Waals surface area contributed by atoms with Crippen LogP contribution in [0.2, 0.25) is 0 Å². The summed E-state index contributed by atoms with van der Waals surface area (Å²) in [5.74, 6) is -0.440. The summed E-state index contributed by atoms with van der Waals surface area (Å²) >= 11 is 0. The second-order valence-corrected chi connectivity index (χ2v) is 8.23. The summed E-state index contributed by atoms with van der Waals surface area (Å²) in [4.78, 5) is 27.2. The normalized spacial score (nSPS) is 15.5. The number of aromatic nitrogens is 2. The molecule has 1 amide bonds. The van der Waals surface area contributed by atoms with Gasteiger partial charge in [0, 0.05) is 24.3 Å². The van der Waals surface area contributed by atoms with E-state index in [-0.39, 0.29) is 24.0 Å². The smallest absolute Gasteiger partial charge is 0.359 e. The molecule has 0 radical (unpaired) electrons. The van der Waals surface area contributed by atoms with Crippen molar-refractivity contribution in [2.45, 2.75) is 51.9 Å². The summed E-state index contributed by atoms with van der Waals surface area (Å²) < 4.78 is 20.4. The van der Waals surface area contributed by atoms with Crippen molar-refractivity contribution in [2.75, 3.05) is 19.7 Å². The third-order valence-corrected chi connectivity index (χ3v) is 5.79. The van der Waals surface area contributed by atoms with E-state index < -0.39 is 5.97 Å². The first kappa shape index (κ1) is 20.6. The molecule has 1 heterocycles. The van der Waals surface area contributed by atoms with E-state index in [9.17, 15) is 14.0 Å². The monoisotopic (exact) mass is 413 g/mol. The Morgan fingerprint density at radius 2 is 1.93 bits per heavy atom. The third kappa shape index (κ3) is 4.55. The van der Waals surface area contributed by atoms with E-state index in [0.717, 1.165) is 49.9 Å². The summed E-state index contributed by atoms with van der Waals surface area (Å²) in [6, 6.07) is 6.06. The van der Waals surface area contributed by atoms with Gasteiger partial charge in [-0.3, -0.25) is 4.79 Å². The summed E-state index contributed by atoms with van der Waals surface area (Å²) in [5, 5.41) is 4.50. The Morgan fingerprint density at radius 1 is 1.20 bits per heavy atom. The summed E-state index contributed by atoms with van der Waals surface area (Å²) in [6.07, 6.45) is 6.76. The van der Waals surface area contributed by atoms with Gasteiger partial charge in [-0.25, -0.2) is 13.9 Å². The van der Waals surface area contributed by atoms with Gasteiger partial charge in [-0.1, -0.05) is 6.92 Å². The van der Waals surface area contributed by atoms with E-state index in [1.165, 1.54) is 25.0 Å². The lowest BCUT2D eigenvalue weighted by atomic mass is 9.95. The molecule has 0 aliphatic heterocycles. The molecule has 2 aromatic rings. The number of ether oxygens (including phenoxy) is 1. The minimum absolute atomic E-state index is 0.149. The fourth-order valence-corrected chi connectivity index (χ4v) is 4.05. The van der Waals surface area contributed by atoms with Gasteiger partial charge in [-0.05, 0) is 75.1 Å². The van der Waals surface area contributed by atoms with Gasteiger partial charge in [-0.15, -0.1) is 0 Å². The Labute approximate surface area is 176 Å². The Balaban J connectivity index is 1.49. The molecular formula is C23H28FN3O3. The number of fused-ring (bicyclic) bond motifs is 1. The zero-order chi connectivity index (χ0) is 21.1. The summed E-state index contributed by atoms with van der Waals surface area (Å²) in [5.41, 5.74) is 2.83. The highest BCUT2D eigenvalue weighted by atomic mass is 19.1. The van der Waals surface area contributed by atoms with Crippen molar-refractivity contribution >= 4 is 11.9 Å². The number of amides is 1. The molecule has 4 rings (SSSR count). The average Bonchev–Trinajstić information content (AvgIpc) is 3.49. The van der Waals surface area contributed by atoms with E-state index in [2.05, 4.69) is 5.10 Å². The molecule has 160 valence electrons. The number of carbonyl (C=O) groups is 2. The van der Waals surface area contributed by atoms with Crippen molar-refractivity contribution in [3.8, 4) is 5.69 Å². The molecule has 0 spiro atoms. The molecule has 1 saturated carbocycles. The van der Waals surface area contributed by atoms with E-state index >= 15 is 0 Å². The number of hydrogen-bond donors (Lipinski definition) is 0. The lowest BCUT2D eigenvalue weighted by molar-refractivity contribution is -0.134.